The number of carbonyl (C=O) groups is 8. The van der Waals surface area contributed by atoms with Gasteiger partial charge in [0.2, 0.25) is 0 Å². The number of carbonyl (C=O) groups excluding carboxylic acids is 8. The van der Waals surface area contributed by atoms with Crippen LogP contribution in [0.25, 0.3) is 0 Å². The van der Waals surface area contributed by atoms with Crippen molar-refractivity contribution in [2.45, 2.75) is 76.5 Å². The second-order valence-electron chi connectivity index (χ2n) is 15.3. The molecule has 0 unspecified atom stereocenters. The fourth-order valence-electron chi connectivity index (χ4n) is 10.6. The van der Waals surface area contributed by atoms with E-state index in [-0.39, 0.29) is 51.0 Å². The van der Waals surface area contributed by atoms with E-state index in [0.717, 1.165) is 39.2 Å². The van der Waals surface area contributed by atoms with E-state index < -0.39 is 97.1 Å². The molecule has 2 aromatic rings. The zero-order chi connectivity index (χ0) is 44.3. The van der Waals surface area contributed by atoms with Crippen molar-refractivity contribution >= 4 is 48.0 Å². The van der Waals surface area contributed by atoms with Gasteiger partial charge < -0.3 is 28.4 Å². The maximum Gasteiger partial charge on any atom is 0.359 e. The molecule has 0 N–H and O–H groups in total. The average Bonchev–Trinajstić information content (AvgIpc) is 3.63. The Morgan fingerprint density at radius 3 is 0.968 bits per heavy atom. The van der Waals surface area contributed by atoms with Gasteiger partial charge in [-0.25, -0.2) is 38.4 Å². The Morgan fingerprint density at radius 1 is 0.452 bits per heavy atom. The van der Waals surface area contributed by atoms with E-state index in [1.165, 1.54) is 41.9 Å². The molecule has 62 heavy (non-hydrogen) atoms. The van der Waals surface area contributed by atoms with Gasteiger partial charge in [-0.3, -0.25) is 39.2 Å². The predicted molar refractivity (Wildman–Crippen MR) is 204 cm³/mol. The number of rotatable bonds is 10. The first kappa shape index (κ1) is 40.4. The van der Waals surface area contributed by atoms with Crippen molar-refractivity contribution in [2.24, 2.45) is 0 Å². The summed E-state index contributed by atoms with van der Waals surface area (Å²) in [5, 5.41) is 0. The van der Waals surface area contributed by atoms with Gasteiger partial charge in [-0.1, -0.05) is 24.3 Å². The van der Waals surface area contributed by atoms with E-state index >= 15 is 38.4 Å². The highest BCUT2D eigenvalue weighted by atomic mass is 16.6. The number of benzene rings is 2. The van der Waals surface area contributed by atoms with Crippen LogP contribution in [0.4, 0.5) is 19.2 Å². The third-order valence-corrected chi connectivity index (χ3v) is 12.9. The Morgan fingerprint density at radius 2 is 0.710 bits per heavy atom. The summed E-state index contributed by atoms with van der Waals surface area (Å²) in [5.74, 6) is -4.43. The minimum atomic E-state index is -2.86. The Bertz CT molecular complexity index is 2260. The van der Waals surface area contributed by atoms with Gasteiger partial charge >= 0.3 is 48.0 Å². The summed E-state index contributed by atoms with van der Waals surface area (Å²) in [4.78, 5) is 130. The Balaban J connectivity index is 1.37. The quantitative estimate of drug-likeness (QED) is 0.244. The molecular weight excluding hydrogens is 816 g/mol. The van der Waals surface area contributed by atoms with Gasteiger partial charge in [-0.15, -0.1) is 0 Å². The highest BCUT2D eigenvalue weighted by Crippen LogP contribution is 2.61. The molecular formula is C40H44N8O14. The van der Waals surface area contributed by atoms with E-state index in [2.05, 4.69) is 0 Å². The first-order valence-corrected chi connectivity index (χ1v) is 20.2. The number of hydrogen-bond acceptors (Lipinski definition) is 14. The fraction of sp³-hybridized carbons (Fsp3) is 0.500. The van der Waals surface area contributed by atoms with E-state index in [9.17, 15) is 0 Å². The third kappa shape index (κ3) is 4.33. The van der Waals surface area contributed by atoms with Gasteiger partial charge in [0.1, 0.15) is 13.3 Å². The standard InChI is InChI=1S/C40H44N8O14/c1-7-59-29(49)37-39(31(51)61-9-3)45-21-47-35(55)43-19-25-15-27(57-5)28(58-6)16-26(25)20-44-36(56)48(40(47,32(52)62-10-4)38(43,44)30(50)60-8-2)22-46(39)34(54)42(37)18-24-14-12-11-13-23(24)17-41(37)33(45)53/h11-16H,7-10,17-22H2,1-6H3. The van der Waals surface area contributed by atoms with Crippen molar-refractivity contribution in [1.29, 1.82) is 0 Å². The maximum atomic E-state index is 15.6. The van der Waals surface area contributed by atoms with Gasteiger partial charge in [0.15, 0.2) is 11.5 Å². The smallest absolute Gasteiger partial charge is 0.359 e. The Labute approximate surface area is 354 Å². The van der Waals surface area contributed by atoms with Crippen LogP contribution in [0.2, 0.25) is 0 Å². The first-order valence-electron chi connectivity index (χ1n) is 20.2. The van der Waals surface area contributed by atoms with Gasteiger partial charge in [0, 0.05) is 0 Å². The highest BCUT2D eigenvalue weighted by Gasteiger charge is 2.93. The molecule has 9 rings (SSSR count). The second-order valence-corrected chi connectivity index (χ2v) is 15.3. The molecule has 22 heteroatoms. The summed E-state index contributed by atoms with van der Waals surface area (Å²) >= 11 is 0. The van der Waals surface area contributed by atoms with E-state index in [0.29, 0.717) is 22.3 Å². The number of esters is 4. The van der Waals surface area contributed by atoms with Gasteiger partial charge in [0.25, 0.3) is 22.7 Å². The van der Waals surface area contributed by atoms with Crippen LogP contribution in [0.15, 0.2) is 36.4 Å². The molecule has 0 aromatic heterocycles. The van der Waals surface area contributed by atoms with Crippen molar-refractivity contribution in [2.75, 3.05) is 54.0 Å². The number of nitrogens with zero attached hydrogens (tertiary/aromatic N) is 8. The van der Waals surface area contributed by atoms with E-state index in [4.69, 9.17) is 28.4 Å². The molecule has 0 radical (unpaired) electrons. The lowest BCUT2D eigenvalue weighted by Crippen LogP contribution is -2.81. The SMILES string of the molecule is CCOC(=O)C12N3Cc4ccccc4CN1C(=O)N1CN4C(=O)N5Cc6cc(OC)c(OC)cc6CN6C(=O)N(CN(C3=O)C12C(=O)OCC)C4(C(=O)OCC)C65C(=O)OCC. The molecule has 0 bridgehead atoms. The van der Waals surface area contributed by atoms with Crippen LogP contribution in [-0.2, 0) is 64.3 Å². The van der Waals surface area contributed by atoms with Gasteiger partial charge in [-0.05, 0) is 62.1 Å². The van der Waals surface area contributed by atoms with Crippen LogP contribution in [0.1, 0.15) is 49.9 Å². The lowest BCUT2D eigenvalue weighted by atomic mass is 9.88. The number of urea groups is 4. The molecule has 0 spiro atoms. The molecule has 2 aromatic carbocycles. The molecule has 0 atom stereocenters. The topological polar surface area (TPSA) is 218 Å². The van der Waals surface area contributed by atoms with E-state index in [1.54, 1.807) is 36.4 Å². The van der Waals surface area contributed by atoms with Crippen molar-refractivity contribution in [3.8, 4) is 11.5 Å². The van der Waals surface area contributed by atoms with Crippen molar-refractivity contribution < 1.29 is 66.8 Å². The molecule has 5 fully saturated rings. The summed E-state index contributed by atoms with van der Waals surface area (Å²) in [5.41, 5.74) is -9.21. The number of ether oxygens (including phenoxy) is 6. The molecule has 8 amide bonds. The Kier molecular flexibility index (Phi) is 8.97. The molecule has 22 nitrogen and oxygen atoms in total. The lowest BCUT2D eigenvalue weighted by molar-refractivity contribution is -0.209. The molecule has 7 heterocycles. The summed E-state index contributed by atoms with van der Waals surface area (Å²) in [6.45, 7) is 1.12. The molecule has 7 aliphatic rings. The summed E-state index contributed by atoms with van der Waals surface area (Å²) < 4.78 is 34.0. The van der Waals surface area contributed by atoms with Crippen molar-refractivity contribution in [3.63, 3.8) is 0 Å². The number of methoxy groups -OCH3 is 2. The second kappa shape index (κ2) is 13.8. The van der Waals surface area contributed by atoms with Gasteiger partial charge in [-0.2, -0.15) is 0 Å². The zero-order valence-corrected chi connectivity index (χ0v) is 34.8. The van der Waals surface area contributed by atoms with Crippen LogP contribution in [0, 0.1) is 0 Å². The highest BCUT2D eigenvalue weighted by molar-refractivity contribution is 6.12. The molecule has 0 aliphatic carbocycles. The minimum Gasteiger partial charge on any atom is -0.493 e. The predicted octanol–water partition coefficient (Wildman–Crippen LogP) is 1.35. The first-order chi connectivity index (χ1) is 29.8. The fourth-order valence-corrected chi connectivity index (χ4v) is 10.6. The lowest BCUT2D eigenvalue weighted by Gasteiger charge is -2.51. The van der Waals surface area contributed by atoms with Crippen molar-refractivity contribution in [3.05, 3.63) is 58.7 Å². The van der Waals surface area contributed by atoms with Crippen LogP contribution < -0.4 is 9.47 Å². The molecule has 7 aliphatic heterocycles. The summed E-state index contributed by atoms with van der Waals surface area (Å²) in [6.07, 6.45) is 0. The normalized spacial score (nSPS) is 27.5. The van der Waals surface area contributed by atoms with Crippen molar-refractivity contribution in [1.82, 2.24) is 39.2 Å². The monoisotopic (exact) mass is 860 g/mol. The summed E-state index contributed by atoms with van der Waals surface area (Å²) in [6, 6.07) is 5.74. The number of fused-ring (bicyclic) bond motifs is 2. The number of hydrogen-bond donors (Lipinski definition) is 0. The van der Waals surface area contributed by atoms with E-state index in [1.807, 2.05) is 0 Å². The molecule has 0 saturated carbocycles. The molecule has 5 saturated heterocycles. The maximum absolute atomic E-state index is 15.6. The third-order valence-electron chi connectivity index (χ3n) is 12.9. The van der Waals surface area contributed by atoms with Gasteiger partial charge in [0.05, 0.1) is 66.8 Å². The van der Waals surface area contributed by atoms with Crippen LogP contribution in [-0.4, -0.2) is 164 Å². The molecule has 328 valence electrons. The Hall–Kier alpha value is -7.00. The number of amides is 8. The van der Waals surface area contributed by atoms with Crippen LogP contribution in [0.3, 0.4) is 0 Å². The van der Waals surface area contributed by atoms with Crippen LogP contribution in [0.5, 0.6) is 11.5 Å². The largest absolute Gasteiger partial charge is 0.493 e. The van der Waals surface area contributed by atoms with Crippen LogP contribution >= 0.6 is 0 Å². The average molecular weight is 861 g/mol. The summed E-state index contributed by atoms with van der Waals surface area (Å²) in [7, 11) is 2.81. The zero-order valence-electron chi connectivity index (χ0n) is 34.8. The minimum absolute atomic E-state index is 0.250.